The molecule has 0 aromatic heterocycles. The Balaban J connectivity index is 2.08. The zero-order valence-corrected chi connectivity index (χ0v) is 10.9. The first-order chi connectivity index (χ1) is 9.38. The van der Waals surface area contributed by atoms with Gasteiger partial charge in [-0.2, -0.15) is 0 Å². The van der Waals surface area contributed by atoms with Crippen molar-refractivity contribution in [1.29, 1.82) is 0 Å². The van der Waals surface area contributed by atoms with Crippen LogP contribution in [0.3, 0.4) is 0 Å². The van der Waals surface area contributed by atoms with Crippen molar-refractivity contribution in [1.82, 2.24) is 0 Å². The Bertz CT molecular complexity index is 734. The van der Waals surface area contributed by atoms with Gasteiger partial charge in [-0.1, -0.05) is 60.3 Å². The number of fused-ring (bicyclic) bond motifs is 1. The van der Waals surface area contributed by atoms with E-state index in [9.17, 15) is 4.91 Å². The van der Waals surface area contributed by atoms with Crippen molar-refractivity contribution in [3.8, 4) is 0 Å². The molecule has 3 rings (SSSR count). The van der Waals surface area contributed by atoms with Gasteiger partial charge in [0.2, 0.25) is 0 Å². The summed E-state index contributed by atoms with van der Waals surface area (Å²) in [4.78, 5) is 12.8. The summed E-state index contributed by atoms with van der Waals surface area (Å²) >= 11 is 1.57. The van der Waals surface area contributed by atoms with Crippen LogP contribution in [0.5, 0.6) is 0 Å². The molecule has 0 heterocycles. The molecule has 0 saturated carbocycles. The van der Waals surface area contributed by atoms with Gasteiger partial charge in [0.1, 0.15) is 5.69 Å². The highest BCUT2D eigenvalue weighted by atomic mass is 32.2. The number of benzene rings is 3. The van der Waals surface area contributed by atoms with Crippen molar-refractivity contribution in [2.24, 2.45) is 5.18 Å². The van der Waals surface area contributed by atoms with Gasteiger partial charge < -0.3 is 0 Å². The predicted octanol–water partition coefficient (Wildman–Crippen LogP) is 5.39. The van der Waals surface area contributed by atoms with E-state index in [1.165, 1.54) is 10.8 Å². The van der Waals surface area contributed by atoms with Crippen LogP contribution in [0.1, 0.15) is 0 Å². The third-order valence-electron chi connectivity index (χ3n) is 2.93. The van der Waals surface area contributed by atoms with Crippen LogP contribution >= 0.6 is 11.8 Å². The number of nitroso groups, excluding NO2 is 1. The van der Waals surface area contributed by atoms with Crippen molar-refractivity contribution in [2.45, 2.75) is 9.79 Å². The van der Waals surface area contributed by atoms with Gasteiger partial charge in [0.05, 0.1) is 0 Å². The summed E-state index contributed by atoms with van der Waals surface area (Å²) in [6.07, 6.45) is 0. The number of rotatable bonds is 3. The maximum absolute atomic E-state index is 10.8. The van der Waals surface area contributed by atoms with E-state index in [0.717, 1.165) is 9.79 Å². The molecule has 0 N–H and O–H groups in total. The Morgan fingerprint density at radius 3 is 2.32 bits per heavy atom. The van der Waals surface area contributed by atoms with E-state index in [1.807, 2.05) is 36.4 Å². The fourth-order valence-corrected chi connectivity index (χ4v) is 3.06. The molecular formula is C16H11NOS. The Labute approximate surface area is 115 Å². The second-order valence-electron chi connectivity index (χ2n) is 4.14. The van der Waals surface area contributed by atoms with Gasteiger partial charge >= 0.3 is 0 Å². The molecule has 0 saturated heterocycles. The second-order valence-corrected chi connectivity index (χ2v) is 5.22. The maximum Gasteiger partial charge on any atom is 0.121 e. The first-order valence-electron chi connectivity index (χ1n) is 5.96. The number of nitrogens with zero attached hydrogens (tertiary/aromatic N) is 1. The smallest absolute Gasteiger partial charge is 0.121 e. The second kappa shape index (κ2) is 5.24. The molecule has 0 unspecified atom stereocenters. The average molecular weight is 265 g/mol. The van der Waals surface area contributed by atoms with Crippen LogP contribution in [-0.2, 0) is 0 Å². The first kappa shape index (κ1) is 11.9. The topological polar surface area (TPSA) is 29.4 Å². The van der Waals surface area contributed by atoms with E-state index in [2.05, 4.69) is 29.4 Å². The summed E-state index contributed by atoms with van der Waals surface area (Å²) in [5, 5.41) is 5.46. The molecule has 0 aliphatic rings. The molecule has 0 radical (unpaired) electrons. The molecule has 3 heteroatoms. The molecular weight excluding hydrogens is 254 g/mol. The number of hydrogen-bond donors (Lipinski definition) is 0. The van der Waals surface area contributed by atoms with Crippen LogP contribution in [0.25, 0.3) is 10.8 Å². The minimum absolute atomic E-state index is 0.487. The van der Waals surface area contributed by atoms with Crippen molar-refractivity contribution >= 4 is 28.2 Å². The van der Waals surface area contributed by atoms with Crippen molar-refractivity contribution in [3.63, 3.8) is 0 Å². The Morgan fingerprint density at radius 1 is 0.737 bits per heavy atom. The minimum Gasteiger partial charge on any atom is -0.145 e. The van der Waals surface area contributed by atoms with E-state index in [-0.39, 0.29) is 0 Å². The van der Waals surface area contributed by atoms with Gasteiger partial charge in [-0.25, -0.2) is 0 Å². The minimum atomic E-state index is 0.487. The largest absolute Gasteiger partial charge is 0.145 e. The molecule has 0 fully saturated rings. The Kier molecular flexibility index (Phi) is 3.29. The van der Waals surface area contributed by atoms with Crippen LogP contribution in [0.15, 0.2) is 81.7 Å². The monoisotopic (exact) mass is 265 g/mol. The van der Waals surface area contributed by atoms with E-state index in [0.29, 0.717) is 5.69 Å². The van der Waals surface area contributed by atoms with Gasteiger partial charge in [-0.05, 0) is 34.1 Å². The summed E-state index contributed by atoms with van der Waals surface area (Å²) < 4.78 is 0. The van der Waals surface area contributed by atoms with Crippen LogP contribution < -0.4 is 0 Å². The van der Waals surface area contributed by atoms with Gasteiger partial charge in [0, 0.05) is 9.79 Å². The fourth-order valence-electron chi connectivity index (χ4n) is 2.02. The lowest BCUT2D eigenvalue weighted by Gasteiger charge is -2.07. The lowest BCUT2D eigenvalue weighted by atomic mass is 10.1. The normalized spacial score (nSPS) is 10.5. The molecule has 3 aromatic rings. The third-order valence-corrected chi connectivity index (χ3v) is 4.07. The van der Waals surface area contributed by atoms with Crippen molar-refractivity contribution in [3.05, 3.63) is 71.6 Å². The average Bonchev–Trinajstić information content (AvgIpc) is 2.48. The van der Waals surface area contributed by atoms with Gasteiger partial charge in [0.25, 0.3) is 0 Å². The summed E-state index contributed by atoms with van der Waals surface area (Å²) in [6, 6.07) is 21.8. The van der Waals surface area contributed by atoms with E-state index < -0.39 is 0 Å². The highest BCUT2D eigenvalue weighted by Crippen LogP contribution is 2.38. The van der Waals surface area contributed by atoms with E-state index >= 15 is 0 Å². The quantitative estimate of drug-likeness (QED) is 0.594. The van der Waals surface area contributed by atoms with Crippen LogP contribution in [0.4, 0.5) is 5.69 Å². The van der Waals surface area contributed by atoms with Crippen LogP contribution in [-0.4, -0.2) is 0 Å². The summed E-state index contributed by atoms with van der Waals surface area (Å²) in [5.41, 5.74) is 0.487. The zero-order valence-electron chi connectivity index (χ0n) is 10.1. The van der Waals surface area contributed by atoms with Crippen molar-refractivity contribution < 1.29 is 0 Å². The van der Waals surface area contributed by atoms with Gasteiger partial charge in [-0.3, -0.25) is 0 Å². The Hall–Kier alpha value is -2.13. The summed E-state index contributed by atoms with van der Waals surface area (Å²) in [5.74, 6) is 0. The predicted molar refractivity (Wildman–Crippen MR) is 80.0 cm³/mol. The van der Waals surface area contributed by atoms with E-state index in [4.69, 9.17) is 0 Å². The summed E-state index contributed by atoms with van der Waals surface area (Å²) in [7, 11) is 0. The SMILES string of the molecule is O=Nc1ccccc1Sc1cccc2ccccc12. The third kappa shape index (κ3) is 2.37. The molecule has 19 heavy (non-hydrogen) atoms. The highest BCUT2D eigenvalue weighted by Gasteiger charge is 2.06. The molecule has 92 valence electrons. The molecule has 0 aliphatic carbocycles. The molecule has 3 aromatic carbocycles. The highest BCUT2D eigenvalue weighted by molar-refractivity contribution is 7.99. The molecule has 0 bridgehead atoms. The lowest BCUT2D eigenvalue weighted by molar-refractivity contribution is 1.35. The maximum atomic E-state index is 10.8. The van der Waals surface area contributed by atoms with Gasteiger partial charge in [0.15, 0.2) is 0 Å². The zero-order chi connectivity index (χ0) is 13.1. The van der Waals surface area contributed by atoms with Crippen molar-refractivity contribution in [2.75, 3.05) is 0 Å². The molecule has 0 atom stereocenters. The van der Waals surface area contributed by atoms with Crippen LogP contribution in [0.2, 0.25) is 0 Å². The fraction of sp³-hybridized carbons (Fsp3) is 0. The van der Waals surface area contributed by atoms with Crippen LogP contribution in [0, 0.1) is 4.91 Å². The Morgan fingerprint density at radius 2 is 1.42 bits per heavy atom. The molecule has 0 amide bonds. The molecule has 2 nitrogen and oxygen atoms in total. The molecule has 0 aliphatic heterocycles. The molecule has 0 spiro atoms. The standard InChI is InChI=1S/C16H11NOS/c18-17-14-9-3-4-10-16(14)19-15-11-5-7-12-6-1-2-8-13(12)15/h1-11H. The first-order valence-corrected chi connectivity index (χ1v) is 6.78. The van der Waals surface area contributed by atoms with E-state index in [1.54, 1.807) is 17.8 Å². The van der Waals surface area contributed by atoms with Gasteiger partial charge in [-0.15, -0.1) is 4.91 Å². The summed E-state index contributed by atoms with van der Waals surface area (Å²) in [6.45, 7) is 0. The number of hydrogen-bond acceptors (Lipinski definition) is 3. The lowest BCUT2D eigenvalue weighted by Crippen LogP contribution is -1.78.